The predicted octanol–water partition coefficient (Wildman–Crippen LogP) is 2.18. The third kappa shape index (κ3) is 4.73. The number of likely N-dealkylation sites (tertiary alicyclic amines) is 1. The summed E-state index contributed by atoms with van der Waals surface area (Å²) in [5, 5.41) is 8.24. The van der Waals surface area contributed by atoms with E-state index >= 15 is 0 Å². The highest BCUT2D eigenvalue weighted by Crippen LogP contribution is 2.28. The molecule has 1 aliphatic heterocycles. The molecule has 0 spiro atoms. The van der Waals surface area contributed by atoms with Crippen LogP contribution in [0.3, 0.4) is 0 Å². The molecule has 2 heterocycles. The first-order valence-electron chi connectivity index (χ1n) is 7.79. The zero-order valence-corrected chi connectivity index (χ0v) is 14.5. The number of hydrogen-bond donors (Lipinski definition) is 2. The zero-order valence-electron chi connectivity index (χ0n) is 13.7. The van der Waals surface area contributed by atoms with E-state index in [0.29, 0.717) is 12.0 Å². The van der Waals surface area contributed by atoms with Crippen LogP contribution in [0.1, 0.15) is 36.4 Å². The summed E-state index contributed by atoms with van der Waals surface area (Å²) in [6.07, 6.45) is 2.08. The monoisotopic (exact) mass is 322 g/mol. The average molecular weight is 322 g/mol. The van der Waals surface area contributed by atoms with Gasteiger partial charge < -0.3 is 15.5 Å². The van der Waals surface area contributed by atoms with Crippen molar-refractivity contribution in [2.24, 2.45) is 10.4 Å². The highest BCUT2D eigenvalue weighted by atomic mass is 32.1. The summed E-state index contributed by atoms with van der Waals surface area (Å²) in [6, 6.07) is 3.73. The molecular formula is C16H26N4OS. The van der Waals surface area contributed by atoms with E-state index in [-0.39, 0.29) is 5.91 Å². The highest BCUT2D eigenvalue weighted by Gasteiger charge is 2.30. The van der Waals surface area contributed by atoms with Crippen LogP contribution in [-0.4, -0.2) is 50.0 Å². The highest BCUT2D eigenvalue weighted by molar-refractivity contribution is 7.12. The van der Waals surface area contributed by atoms with Crippen molar-refractivity contribution in [2.45, 2.75) is 26.7 Å². The van der Waals surface area contributed by atoms with Crippen molar-refractivity contribution in [1.29, 1.82) is 0 Å². The van der Waals surface area contributed by atoms with E-state index in [1.807, 2.05) is 24.6 Å². The van der Waals surface area contributed by atoms with Crippen LogP contribution in [-0.2, 0) is 0 Å². The van der Waals surface area contributed by atoms with Gasteiger partial charge in [0.25, 0.3) is 5.91 Å². The number of hydrogen-bond acceptors (Lipinski definition) is 3. The van der Waals surface area contributed by atoms with Crippen LogP contribution in [0, 0.1) is 5.41 Å². The molecule has 1 aliphatic rings. The number of aliphatic imine (C=N–C) groups is 1. The summed E-state index contributed by atoms with van der Waals surface area (Å²) in [7, 11) is 1.83. The van der Waals surface area contributed by atoms with Crippen molar-refractivity contribution >= 4 is 23.2 Å². The number of nitrogens with one attached hydrogen (secondary N) is 2. The molecule has 1 aromatic heterocycles. The minimum absolute atomic E-state index is 0.0145. The van der Waals surface area contributed by atoms with Crippen LogP contribution in [0.5, 0.6) is 0 Å². The Bertz CT molecular complexity index is 510. The van der Waals surface area contributed by atoms with Crippen LogP contribution in [0.15, 0.2) is 22.5 Å². The molecule has 22 heavy (non-hydrogen) atoms. The molecule has 0 saturated carbocycles. The Morgan fingerprint density at radius 2 is 2.18 bits per heavy atom. The quantitative estimate of drug-likeness (QED) is 0.496. The molecule has 0 bridgehead atoms. The largest absolute Gasteiger partial charge is 0.356 e. The molecule has 5 nitrogen and oxygen atoms in total. The Morgan fingerprint density at radius 1 is 1.41 bits per heavy atom. The van der Waals surface area contributed by atoms with Crippen LogP contribution in [0.25, 0.3) is 0 Å². The van der Waals surface area contributed by atoms with Gasteiger partial charge in [-0.25, -0.2) is 0 Å². The maximum Gasteiger partial charge on any atom is 0.261 e. The van der Waals surface area contributed by atoms with Gasteiger partial charge in [-0.2, -0.15) is 0 Å². The summed E-state index contributed by atoms with van der Waals surface area (Å²) in [4.78, 5) is 19.2. The van der Waals surface area contributed by atoms with E-state index in [4.69, 9.17) is 0 Å². The third-order valence-electron chi connectivity index (χ3n) is 3.86. The lowest BCUT2D eigenvalue weighted by Gasteiger charge is -2.23. The van der Waals surface area contributed by atoms with E-state index in [0.717, 1.165) is 36.9 Å². The van der Waals surface area contributed by atoms with Gasteiger partial charge in [-0.1, -0.05) is 19.9 Å². The van der Waals surface area contributed by atoms with Crippen molar-refractivity contribution in [3.63, 3.8) is 0 Å². The minimum Gasteiger partial charge on any atom is -0.356 e. The lowest BCUT2D eigenvalue weighted by Crippen LogP contribution is -2.41. The van der Waals surface area contributed by atoms with Gasteiger partial charge in [0.1, 0.15) is 0 Å². The molecule has 1 fully saturated rings. The lowest BCUT2D eigenvalue weighted by atomic mass is 9.93. The molecular weight excluding hydrogens is 296 g/mol. The number of amides is 1. The SMILES string of the molecule is CN=C(NCCCNC(=O)c1cccs1)N1CCC(C)(C)C1. The van der Waals surface area contributed by atoms with E-state index < -0.39 is 0 Å². The fraction of sp³-hybridized carbons (Fsp3) is 0.625. The van der Waals surface area contributed by atoms with Gasteiger partial charge >= 0.3 is 0 Å². The second kappa shape index (κ2) is 7.63. The van der Waals surface area contributed by atoms with Crippen molar-refractivity contribution in [3.8, 4) is 0 Å². The van der Waals surface area contributed by atoms with Gasteiger partial charge in [-0.05, 0) is 29.7 Å². The van der Waals surface area contributed by atoms with Gasteiger partial charge in [0, 0.05) is 33.2 Å². The van der Waals surface area contributed by atoms with Crippen LogP contribution in [0.2, 0.25) is 0 Å². The molecule has 1 amide bonds. The van der Waals surface area contributed by atoms with Crippen molar-refractivity contribution < 1.29 is 4.79 Å². The molecule has 6 heteroatoms. The Morgan fingerprint density at radius 3 is 2.77 bits per heavy atom. The topological polar surface area (TPSA) is 56.7 Å². The number of carbonyl (C=O) groups is 1. The molecule has 0 radical (unpaired) electrons. The standard InChI is InChI=1S/C16H26N4OS/c1-16(2)7-10-20(12-16)15(17-3)19-9-5-8-18-14(21)13-6-4-11-22-13/h4,6,11H,5,7-10,12H2,1-3H3,(H,17,19)(H,18,21). The summed E-state index contributed by atoms with van der Waals surface area (Å²) in [5.74, 6) is 0.982. The minimum atomic E-state index is 0.0145. The zero-order chi connectivity index (χ0) is 16.0. The Kier molecular flexibility index (Phi) is 5.83. The second-order valence-corrected chi connectivity index (χ2v) is 7.34. The first kappa shape index (κ1) is 16.8. The Balaban J connectivity index is 1.64. The van der Waals surface area contributed by atoms with Gasteiger partial charge in [0.2, 0.25) is 0 Å². The molecule has 0 atom stereocenters. The Hall–Kier alpha value is -1.56. The molecule has 2 rings (SSSR count). The lowest BCUT2D eigenvalue weighted by molar-refractivity contribution is 0.0957. The third-order valence-corrected chi connectivity index (χ3v) is 4.72. The van der Waals surface area contributed by atoms with Crippen LogP contribution < -0.4 is 10.6 Å². The number of rotatable bonds is 5. The van der Waals surface area contributed by atoms with E-state index in [9.17, 15) is 4.79 Å². The molecule has 0 aromatic carbocycles. The maximum absolute atomic E-state index is 11.8. The first-order chi connectivity index (χ1) is 10.5. The van der Waals surface area contributed by atoms with Crippen molar-refractivity contribution in [1.82, 2.24) is 15.5 Å². The van der Waals surface area contributed by atoms with E-state index in [1.165, 1.54) is 17.8 Å². The number of thiophene rings is 1. The maximum atomic E-state index is 11.8. The fourth-order valence-electron chi connectivity index (χ4n) is 2.61. The number of guanidine groups is 1. The molecule has 122 valence electrons. The van der Waals surface area contributed by atoms with Gasteiger partial charge in [-0.15, -0.1) is 11.3 Å². The fourth-order valence-corrected chi connectivity index (χ4v) is 3.25. The normalized spacial score (nSPS) is 17.6. The van der Waals surface area contributed by atoms with Crippen molar-refractivity contribution in [3.05, 3.63) is 22.4 Å². The summed E-state index contributed by atoms with van der Waals surface area (Å²) in [6.45, 7) is 8.17. The molecule has 2 N–H and O–H groups in total. The number of nitrogens with zero attached hydrogens (tertiary/aromatic N) is 2. The van der Waals surface area contributed by atoms with E-state index in [1.54, 1.807) is 0 Å². The van der Waals surface area contributed by atoms with Gasteiger partial charge in [0.05, 0.1) is 4.88 Å². The Labute approximate surface area is 136 Å². The first-order valence-corrected chi connectivity index (χ1v) is 8.67. The van der Waals surface area contributed by atoms with Crippen LogP contribution in [0.4, 0.5) is 0 Å². The number of carbonyl (C=O) groups excluding carboxylic acids is 1. The van der Waals surface area contributed by atoms with Gasteiger partial charge in [-0.3, -0.25) is 9.79 Å². The molecule has 1 saturated heterocycles. The molecule has 1 aromatic rings. The predicted molar refractivity (Wildman–Crippen MR) is 92.6 cm³/mol. The van der Waals surface area contributed by atoms with Gasteiger partial charge in [0.15, 0.2) is 5.96 Å². The second-order valence-electron chi connectivity index (χ2n) is 6.40. The smallest absolute Gasteiger partial charge is 0.261 e. The summed E-state index contributed by atoms with van der Waals surface area (Å²) >= 11 is 1.47. The molecule has 0 unspecified atom stereocenters. The average Bonchev–Trinajstić information content (AvgIpc) is 3.12. The summed E-state index contributed by atoms with van der Waals surface area (Å²) < 4.78 is 0. The van der Waals surface area contributed by atoms with E-state index in [2.05, 4.69) is 34.4 Å². The molecule has 0 aliphatic carbocycles. The van der Waals surface area contributed by atoms with Crippen LogP contribution >= 0.6 is 11.3 Å². The van der Waals surface area contributed by atoms with Crippen molar-refractivity contribution in [2.75, 3.05) is 33.2 Å². The summed E-state index contributed by atoms with van der Waals surface area (Å²) in [5.41, 5.74) is 0.367.